The molecule has 0 heterocycles. The zero-order chi connectivity index (χ0) is 9.42. The van der Waals surface area contributed by atoms with Crippen molar-refractivity contribution in [1.82, 2.24) is 0 Å². The first-order valence-corrected chi connectivity index (χ1v) is 4.52. The number of benzene rings is 1. The number of hydrogen-bond donors (Lipinski definition) is 0. The molecule has 1 nitrogen and oxygen atoms in total. The van der Waals surface area contributed by atoms with Crippen molar-refractivity contribution in [3.8, 4) is 0 Å². The lowest BCUT2D eigenvalue weighted by Crippen LogP contribution is -2.35. The van der Waals surface area contributed by atoms with Gasteiger partial charge >= 0.3 is 0 Å². The van der Waals surface area contributed by atoms with Crippen molar-refractivity contribution >= 4 is 17.4 Å². The first-order chi connectivity index (χ1) is 6.20. The summed E-state index contributed by atoms with van der Waals surface area (Å²) < 4.78 is 0. The minimum Gasteiger partial charge on any atom is -0.294 e. The molecular formula is C12H12O. The van der Waals surface area contributed by atoms with Crippen LogP contribution in [0.15, 0.2) is 24.3 Å². The van der Waals surface area contributed by atoms with E-state index >= 15 is 0 Å². The van der Waals surface area contributed by atoms with Crippen molar-refractivity contribution in [1.29, 1.82) is 0 Å². The zero-order valence-electron chi connectivity index (χ0n) is 7.87. The number of rotatable bonds is 0. The smallest absolute Gasteiger partial charge is 0.165 e. The number of carbonyl (C=O) groups excluding carboxylic acids is 1. The molecule has 1 aromatic rings. The molecule has 0 radical (unpaired) electrons. The average molecular weight is 172 g/mol. The maximum Gasteiger partial charge on any atom is 0.165 e. The van der Waals surface area contributed by atoms with Gasteiger partial charge in [0.25, 0.3) is 0 Å². The van der Waals surface area contributed by atoms with E-state index in [9.17, 15) is 4.79 Å². The van der Waals surface area contributed by atoms with Crippen LogP contribution in [0, 0.1) is 5.92 Å². The largest absolute Gasteiger partial charge is 0.294 e. The molecule has 0 saturated heterocycles. The van der Waals surface area contributed by atoms with Crippen LogP contribution in [0.4, 0.5) is 0 Å². The third kappa shape index (κ3) is 1.21. The molecule has 66 valence electrons. The van der Waals surface area contributed by atoms with Crippen LogP contribution in [-0.4, -0.2) is 5.78 Å². The SMILES string of the molecule is CC1=c2ccccc2=CC(C)C1=O. The van der Waals surface area contributed by atoms with Gasteiger partial charge in [0.1, 0.15) is 0 Å². The van der Waals surface area contributed by atoms with Crippen molar-refractivity contribution in [2.45, 2.75) is 13.8 Å². The average Bonchev–Trinajstić information content (AvgIpc) is 2.15. The van der Waals surface area contributed by atoms with Crippen LogP contribution in [0.3, 0.4) is 0 Å². The number of Topliss-reactive ketones (excluding diaryl/α,β-unsaturated/α-hetero) is 1. The zero-order valence-corrected chi connectivity index (χ0v) is 7.87. The predicted molar refractivity (Wildman–Crippen MR) is 53.4 cm³/mol. The quantitative estimate of drug-likeness (QED) is 0.567. The molecule has 1 unspecified atom stereocenters. The first kappa shape index (κ1) is 8.24. The third-order valence-corrected chi connectivity index (χ3v) is 2.58. The lowest BCUT2D eigenvalue weighted by molar-refractivity contribution is -0.115. The molecule has 0 amide bonds. The van der Waals surface area contributed by atoms with Gasteiger partial charge in [-0.25, -0.2) is 0 Å². The van der Waals surface area contributed by atoms with E-state index in [1.165, 1.54) is 5.22 Å². The van der Waals surface area contributed by atoms with Crippen molar-refractivity contribution in [2.24, 2.45) is 5.92 Å². The second-order valence-corrected chi connectivity index (χ2v) is 3.53. The highest BCUT2D eigenvalue weighted by atomic mass is 16.1. The molecular weight excluding hydrogens is 160 g/mol. The summed E-state index contributed by atoms with van der Waals surface area (Å²) in [6, 6.07) is 8.04. The van der Waals surface area contributed by atoms with E-state index in [1.54, 1.807) is 0 Å². The summed E-state index contributed by atoms with van der Waals surface area (Å²) in [6.45, 7) is 3.85. The highest BCUT2D eigenvalue weighted by molar-refractivity contribution is 6.17. The Labute approximate surface area is 77.4 Å². The van der Waals surface area contributed by atoms with Gasteiger partial charge in [-0.15, -0.1) is 0 Å². The minimum atomic E-state index is 0.0369. The summed E-state index contributed by atoms with van der Waals surface area (Å²) in [7, 11) is 0. The van der Waals surface area contributed by atoms with Crippen molar-refractivity contribution in [3.63, 3.8) is 0 Å². The normalized spacial score (nSPS) is 20.9. The molecule has 0 saturated carbocycles. The van der Waals surface area contributed by atoms with E-state index in [1.807, 2.05) is 38.1 Å². The van der Waals surface area contributed by atoms with Crippen LogP contribution in [0.5, 0.6) is 0 Å². The second kappa shape index (κ2) is 2.84. The van der Waals surface area contributed by atoms with Gasteiger partial charge in [-0.2, -0.15) is 0 Å². The Kier molecular flexibility index (Phi) is 1.80. The number of ketones is 1. The Morgan fingerprint density at radius 2 is 1.92 bits per heavy atom. The van der Waals surface area contributed by atoms with Gasteiger partial charge in [0.15, 0.2) is 5.78 Å². The molecule has 1 atom stereocenters. The van der Waals surface area contributed by atoms with Crippen molar-refractivity contribution < 1.29 is 4.79 Å². The first-order valence-electron chi connectivity index (χ1n) is 4.52. The molecule has 0 aliphatic heterocycles. The van der Waals surface area contributed by atoms with E-state index < -0.39 is 0 Å². The van der Waals surface area contributed by atoms with Crippen LogP contribution in [0.25, 0.3) is 11.6 Å². The molecule has 0 N–H and O–H groups in total. The lowest BCUT2D eigenvalue weighted by Gasteiger charge is -2.11. The molecule has 0 spiro atoms. The second-order valence-electron chi connectivity index (χ2n) is 3.53. The molecule has 0 aromatic heterocycles. The Bertz CT molecular complexity index is 468. The van der Waals surface area contributed by atoms with Crippen LogP contribution in [0.1, 0.15) is 13.8 Å². The summed E-state index contributed by atoms with van der Waals surface area (Å²) in [5.74, 6) is 0.286. The van der Waals surface area contributed by atoms with Gasteiger partial charge in [-0.05, 0) is 17.4 Å². The van der Waals surface area contributed by atoms with Crippen molar-refractivity contribution in [2.75, 3.05) is 0 Å². The van der Waals surface area contributed by atoms with Gasteiger partial charge in [0.2, 0.25) is 0 Å². The van der Waals surface area contributed by atoms with E-state index in [0.717, 1.165) is 10.8 Å². The van der Waals surface area contributed by atoms with E-state index in [-0.39, 0.29) is 11.7 Å². The molecule has 1 aliphatic rings. The molecule has 2 rings (SSSR count). The fourth-order valence-electron chi connectivity index (χ4n) is 1.80. The van der Waals surface area contributed by atoms with Gasteiger partial charge in [-0.3, -0.25) is 4.79 Å². The van der Waals surface area contributed by atoms with E-state index in [0.29, 0.717) is 0 Å². The Morgan fingerprint density at radius 1 is 1.23 bits per heavy atom. The lowest BCUT2D eigenvalue weighted by atomic mass is 9.92. The summed E-state index contributed by atoms with van der Waals surface area (Å²) in [4.78, 5) is 11.6. The number of carbonyl (C=O) groups is 1. The fraction of sp³-hybridized carbons (Fsp3) is 0.250. The molecule has 0 bridgehead atoms. The topological polar surface area (TPSA) is 17.1 Å². The van der Waals surface area contributed by atoms with Crippen LogP contribution < -0.4 is 10.4 Å². The number of fused-ring (bicyclic) bond motifs is 1. The van der Waals surface area contributed by atoms with Gasteiger partial charge < -0.3 is 0 Å². The Morgan fingerprint density at radius 3 is 2.69 bits per heavy atom. The fourth-order valence-corrected chi connectivity index (χ4v) is 1.80. The highest BCUT2D eigenvalue weighted by Gasteiger charge is 2.16. The highest BCUT2D eigenvalue weighted by Crippen LogP contribution is 2.09. The Balaban J connectivity index is 2.89. The molecule has 0 fully saturated rings. The molecule has 13 heavy (non-hydrogen) atoms. The summed E-state index contributed by atoms with van der Waals surface area (Å²) in [6.07, 6.45) is 2.03. The minimum absolute atomic E-state index is 0.0369. The summed E-state index contributed by atoms with van der Waals surface area (Å²) in [5.41, 5.74) is 0.894. The summed E-state index contributed by atoms with van der Waals surface area (Å²) in [5, 5.41) is 2.28. The van der Waals surface area contributed by atoms with Crippen molar-refractivity contribution in [3.05, 3.63) is 34.7 Å². The van der Waals surface area contributed by atoms with E-state index in [2.05, 4.69) is 6.07 Å². The van der Waals surface area contributed by atoms with Gasteiger partial charge in [-0.1, -0.05) is 37.3 Å². The molecule has 1 heteroatoms. The van der Waals surface area contributed by atoms with Crippen LogP contribution in [-0.2, 0) is 4.79 Å². The van der Waals surface area contributed by atoms with Gasteiger partial charge in [0, 0.05) is 11.5 Å². The van der Waals surface area contributed by atoms with Crippen LogP contribution >= 0.6 is 0 Å². The van der Waals surface area contributed by atoms with E-state index in [4.69, 9.17) is 0 Å². The number of hydrogen-bond acceptors (Lipinski definition) is 1. The predicted octanol–water partition coefficient (Wildman–Crippen LogP) is 0.857. The molecule has 1 aliphatic carbocycles. The van der Waals surface area contributed by atoms with Gasteiger partial charge in [0.05, 0.1) is 0 Å². The van der Waals surface area contributed by atoms with Crippen LogP contribution in [0.2, 0.25) is 0 Å². The monoisotopic (exact) mass is 172 g/mol. The third-order valence-electron chi connectivity index (χ3n) is 2.58. The Hall–Kier alpha value is -1.37. The summed E-state index contributed by atoms with van der Waals surface area (Å²) >= 11 is 0. The molecule has 1 aromatic carbocycles. The maximum absolute atomic E-state index is 11.6. The maximum atomic E-state index is 11.6. The standard InChI is InChI=1S/C12H12O/c1-8-7-10-5-3-4-6-11(10)9(2)12(8)13/h3-8H,1-2H3.